The highest BCUT2D eigenvalue weighted by Gasteiger charge is 2.10. The monoisotopic (exact) mass is 379 g/mol. The van der Waals surface area contributed by atoms with Gasteiger partial charge in [0.25, 0.3) is 0 Å². The molecule has 1 aromatic rings. The fraction of sp³-hybridized carbons (Fsp3) is 0.538. The standard InChI is InChI=1S/C13H19Br2NO2/c1-3-4-18-13-10(8-16-7-9(2)17)5-11(14)6-12(13)15/h5-6,9,16-17H,3-4,7-8H2,1-2H3. The molecule has 0 bridgehead atoms. The van der Waals surface area contributed by atoms with Crippen molar-refractivity contribution in [2.45, 2.75) is 32.9 Å². The third-order valence-corrected chi connectivity index (χ3v) is 3.34. The highest BCUT2D eigenvalue weighted by Crippen LogP contribution is 2.33. The molecule has 0 heterocycles. The average Bonchev–Trinajstić information content (AvgIpc) is 2.27. The summed E-state index contributed by atoms with van der Waals surface area (Å²) in [7, 11) is 0. The molecule has 0 aliphatic carbocycles. The van der Waals surface area contributed by atoms with Gasteiger partial charge in [0, 0.05) is 23.1 Å². The zero-order valence-electron chi connectivity index (χ0n) is 10.7. The lowest BCUT2D eigenvalue weighted by Crippen LogP contribution is -2.24. The predicted molar refractivity (Wildman–Crippen MR) is 81.0 cm³/mol. The Kier molecular flexibility index (Phi) is 7.22. The van der Waals surface area contributed by atoms with Crippen molar-refractivity contribution in [1.82, 2.24) is 5.32 Å². The zero-order chi connectivity index (χ0) is 13.5. The largest absolute Gasteiger partial charge is 0.492 e. The fourth-order valence-electron chi connectivity index (χ4n) is 1.53. The second kappa shape index (κ2) is 8.15. The van der Waals surface area contributed by atoms with E-state index < -0.39 is 0 Å². The lowest BCUT2D eigenvalue weighted by Gasteiger charge is -2.15. The van der Waals surface area contributed by atoms with Crippen molar-refractivity contribution in [3.05, 3.63) is 26.6 Å². The van der Waals surface area contributed by atoms with Gasteiger partial charge in [-0.25, -0.2) is 0 Å². The molecule has 0 amide bonds. The van der Waals surface area contributed by atoms with E-state index in [2.05, 4.69) is 44.1 Å². The van der Waals surface area contributed by atoms with Crippen LogP contribution in [0.4, 0.5) is 0 Å². The van der Waals surface area contributed by atoms with Crippen molar-refractivity contribution in [1.29, 1.82) is 0 Å². The van der Waals surface area contributed by atoms with Gasteiger partial charge >= 0.3 is 0 Å². The molecule has 0 saturated carbocycles. The summed E-state index contributed by atoms with van der Waals surface area (Å²) in [4.78, 5) is 0. The Hall–Kier alpha value is -0.100. The number of rotatable bonds is 7. The van der Waals surface area contributed by atoms with E-state index in [1.807, 2.05) is 12.1 Å². The number of halogens is 2. The number of nitrogens with one attached hydrogen (secondary N) is 1. The second-order valence-electron chi connectivity index (χ2n) is 4.20. The van der Waals surface area contributed by atoms with E-state index in [-0.39, 0.29) is 6.10 Å². The number of hydrogen-bond acceptors (Lipinski definition) is 3. The third kappa shape index (κ3) is 5.26. The first-order valence-electron chi connectivity index (χ1n) is 6.04. The first-order valence-corrected chi connectivity index (χ1v) is 7.62. The smallest absolute Gasteiger partial charge is 0.138 e. The Morgan fingerprint density at radius 1 is 1.39 bits per heavy atom. The van der Waals surface area contributed by atoms with Crippen molar-refractivity contribution in [2.75, 3.05) is 13.2 Å². The summed E-state index contributed by atoms with van der Waals surface area (Å²) < 4.78 is 7.71. The van der Waals surface area contributed by atoms with Crippen molar-refractivity contribution in [3.8, 4) is 5.75 Å². The molecule has 102 valence electrons. The molecule has 2 N–H and O–H groups in total. The summed E-state index contributed by atoms with van der Waals surface area (Å²) in [5.74, 6) is 0.873. The van der Waals surface area contributed by atoms with Gasteiger partial charge in [0.15, 0.2) is 0 Å². The van der Waals surface area contributed by atoms with Gasteiger partial charge in [-0.05, 0) is 41.4 Å². The maximum Gasteiger partial charge on any atom is 0.138 e. The molecule has 0 spiro atoms. The van der Waals surface area contributed by atoms with Crippen LogP contribution in [0.3, 0.4) is 0 Å². The van der Waals surface area contributed by atoms with Crippen LogP contribution in [-0.2, 0) is 6.54 Å². The minimum atomic E-state index is -0.347. The molecular formula is C13H19Br2NO2. The first kappa shape index (κ1) is 16.0. The number of ether oxygens (including phenoxy) is 1. The zero-order valence-corrected chi connectivity index (χ0v) is 13.8. The van der Waals surface area contributed by atoms with Crippen LogP contribution in [0.25, 0.3) is 0 Å². The number of benzene rings is 1. The molecule has 1 aromatic carbocycles. The lowest BCUT2D eigenvalue weighted by atomic mass is 10.2. The summed E-state index contributed by atoms with van der Waals surface area (Å²) in [5, 5.41) is 12.4. The summed E-state index contributed by atoms with van der Waals surface area (Å²) >= 11 is 6.99. The van der Waals surface area contributed by atoms with Crippen LogP contribution >= 0.6 is 31.9 Å². The third-order valence-electron chi connectivity index (χ3n) is 2.29. The van der Waals surface area contributed by atoms with Crippen LogP contribution < -0.4 is 10.1 Å². The fourth-order valence-corrected chi connectivity index (χ4v) is 2.95. The number of aliphatic hydroxyl groups excluding tert-OH is 1. The average molecular weight is 381 g/mol. The van der Waals surface area contributed by atoms with E-state index in [9.17, 15) is 5.11 Å². The van der Waals surface area contributed by atoms with Crippen molar-refractivity contribution in [2.24, 2.45) is 0 Å². The van der Waals surface area contributed by atoms with Crippen molar-refractivity contribution < 1.29 is 9.84 Å². The normalized spacial score (nSPS) is 12.5. The molecule has 0 saturated heterocycles. The van der Waals surface area contributed by atoms with E-state index in [0.29, 0.717) is 19.7 Å². The van der Waals surface area contributed by atoms with Gasteiger partial charge in [0.05, 0.1) is 17.2 Å². The molecule has 0 aliphatic heterocycles. The number of hydrogen-bond donors (Lipinski definition) is 2. The predicted octanol–water partition coefficient (Wildman–Crippen LogP) is 3.47. The van der Waals surface area contributed by atoms with Gasteiger partial charge in [0.1, 0.15) is 5.75 Å². The molecule has 5 heteroatoms. The molecule has 1 rings (SSSR count). The summed E-state index contributed by atoms with van der Waals surface area (Å²) in [6.07, 6.45) is 0.629. The molecule has 0 aliphatic rings. The maximum atomic E-state index is 9.24. The van der Waals surface area contributed by atoms with Crippen LogP contribution in [-0.4, -0.2) is 24.4 Å². The quantitative estimate of drug-likeness (QED) is 0.760. The van der Waals surface area contributed by atoms with Gasteiger partial charge in [0.2, 0.25) is 0 Å². The Balaban J connectivity index is 2.78. The van der Waals surface area contributed by atoms with E-state index in [0.717, 1.165) is 26.7 Å². The highest BCUT2D eigenvalue weighted by atomic mass is 79.9. The molecule has 0 radical (unpaired) electrons. The Morgan fingerprint density at radius 2 is 2.11 bits per heavy atom. The van der Waals surface area contributed by atoms with Gasteiger partial charge in [-0.15, -0.1) is 0 Å². The Morgan fingerprint density at radius 3 is 2.72 bits per heavy atom. The lowest BCUT2D eigenvalue weighted by molar-refractivity contribution is 0.190. The molecule has 0 aromatic heterocycles. The summed E-state index contributed by atoms with van der Waals surface area (Å²) in [5.41, 5.74) is 1.07. The van der Waals surface area contributed by atoms with E-state index in [1.165, 1.54) is 0 Å². The van der Waals surface area contributed by atoms with Gasteiger partial charge in [-0.2, -0.15) is 0 Å². The highest BCUT2D eigenvalue weighted by molar-refractivity contribution is 9.11. The SMILES string of the molecule is CCCOc1c(Br)cc(Br)cc1CNCC(C)O. The molecule has 18 heavy (non-hydrogen) atoms. The molecular weight excluding hydrogens is 362 g/mol. The summed E-state index contributed by atoms with van der Waals surface area (Å²) in [6.45, 7) is 5.78. The van der Waals surface area contributed by atoms with Crippen LogP contribution in [0.15, 0.2) is 21.1 Å². The maximum absolute atomic E-state index is 9.24. The van der Waals surface area contributed by atoms with E-state index in [4.69, 9.17) is 4.74 Å². The van der Waals surface area contributed by atoms with Gasteiger partial charge in [-0.3, -0.25) is 0 Å². The van der Waals surface area contributed by atoms with Crippen LogP contribution in [0.1, 0.15) is 25.8 Å². The topological polar surface area (TPSA) is 41.5 Å². The molecule has 1 atom stereocenters. The molecule has 1 unspecified atom stereocenters. The Bertz CT molecular complexity index is 383. The van der Waals surface area contributed by atoms with Gasteiger partial charge < -0.3 is 15.2 Å². The molecule has 0 fully saturated rings. The van der Waals surface area contributed by atoms with Crippen LogP contribution in [0.2, 0.25) is 0 Å². The van der Waals surface area contributed by atoms with Gasteiger partial charge in [-0.1, -0.05) is 22.9 Å². The minimum Gasteiger partial charge on any atom is -0.492 e. The molecule has 3 nitrogen and oxygen atoms in total. The number of aliphatic hydroxyl groups is 1. The Labute approximate surface area is 125 Å². The van der Waals surface area contributed by atoms with Crippen molar-refractivity contribution in [3.63, 3.8) is 0 Å². The van der Waals surface area contributed by atoms with E-state index in [1.54, 1.807) is 6.92 Å². The van der Waals surface area contributed by atoms with Crippen LogP contribution in [0, 0.1) is 0 Å². The van der Waals surface area contributed by atoms with Crippen LogP contribution in [0.5, 0.6) is 5.75 Å². The van der Waals surface area contributed by atoms with E-state index >= 15 is 0 Å². The minimum absolute atomic E-state index is 0.347. The summed E-state index contributed by atoms with van der Waals surface area (Å²) in [6, 6.07) is 4.01. The van der Waals surface area contributed by atoms with Crippen molar-refractivity contribution >= 4 is 31.9 Å². The first-order chi connectivity index (χ1) is 8.54. The second-order valence-corrected chi connectivity index (χ2v) is 5.97.